The number of guanidine groups is 1. The third-order valence-electron chi connectivity index (χ3n) is 4.81. The molecule has 0 unspecified atom stereocenters. The Balaban J connectivity index is 1.52. The van der Waals surface area contributed by atoms with E-state index in [0.29, 0.717) is 19.0 Å². The van der Waals surface area contributed by atoms with Gasteiger partial charge in [0.15, 0.2) is 15.8 Å². The molecule has 0 saturated carbocycles. The minimum Gasteiger partial charge on any atom is -0.368 e. The summed E-state index contributed by atoms with van der Waals surface area (Å²) < 4.78 is 51.6. The summed E-state index contributed by atoms with van der Waals surface area (Å²) in [5.41, 5.74) is 0.963. The van der Waals surface area contributed by atoms with E-state index in [1.165, 1.54) is 30.3 Å². The fourth-order valence-electron chi connectivity index (χ4n) is 3.26. The van der Waals surface area contributed by atoms with Gasteiger partial charge in [-0.1, -0.05) is 12.1 Å². The third-order valence-corrected chi connectivity index (χ3v) is 6.55. The topological polar surface area (TPSA) is 65.0 Å². The second kappa shape index (κ2) is 9.21. The number of anilines is 1. The monoisotopic (exact) mass is 422 g/mol. The van der Waals surface area contributed by atoms with Gasteiger partial charge in [0.1, 0.15) is 16.5 Å². The number of nitrogens with one attached hydrogen (secondary N) is 1. The summed E-state index contributed by atoms with van der Waals surface area (Å²) in [6.45, 7) is 2.98. The van der Waals surface area contributed by atoms with Crippen LogP contribution in [0.2, 0.25) is 0 Å². The molecule has 1 heterocycles. The molecule has 1 N–H and O–H groups in total. The molecule has 1 aliphatic rings. The van der Waals surface area contributed by atoms with Crippen LogP contribution in [0.1, 0.15) is 0 Å². The minimum absolute atomic E-state index is 0.127. The lowest BCUT2D eigenvalue weighted by molar-refractivity contribution is 0.373. The standard InChI is InChI=1S/C20H24F2N4O2S/c1-23-20(24-10-15-29(27,28)19-5-3-2-4-18(19)22)26-13-11-25(12-14-26)17-8-6-16(21)7-9-17/h2-9H,10-15H2,1H3,(H,23,24). The van der Waals surface area contributed by atoms with Gasteiger partial charge in [0.25, 0.3) is 0 Å². The minimum atomic E-state index is -3.72. The lowest BCUT2D eigenvalue weighted by atomic mass is 10.2. The Morgan fingerprint density at radius 1 is 1.03 bits per heavy atom. The highest BCUT2D eigenvalue weighted by molar-refractivity contribution is 7.91. The van der Waals surface area contributed by atoms with Gasteiger partial charge in [-0.05, 0) is 36.4 Å². The van der Waals surface area contributed by atoms with Crippen LogP contribution in [0, 0.1) is 11.6 Å². The number of halogens is 2. The summed E-state index contributed by atoms with van der Waals surface area (Å²) >= 11 is 0. The summed E-state index contributed by atoms with van der Waals surface area (Å²) in [6, 6.07) is 11.8. The van der Waals surface area contributed by atoms with Crippen LogP contribution in [0.15, 0.2) is 58.4 Å². The number of nitrogens with zero attached hydrogens (tertiary/aromatic N) is 3. The van der Waals surface area contributed by atoms with Crippen molar-refractivity contribution in [2.24, 2.45) is 4.99 Å². The molecule has 29 heavy (non-hydrogen) atoms. The van der Waals surface area contributed by atoms with Gasteiger partial charge in [0, 0.05) is 45.5 Å². The predicted molar refractivity (Wildman–Crippen MR) is 110 cm³/mol. The highest BCUT2D eigenvalue weighted by Gasteiger charge is 2.22. The highest BCUT2D eigenvalue weighted by atomic mass is 32.2. The molecule has 156 valence electrons. The first-order valence-corrected chi connectivity index (χ1v) is 11.0. The molecule has 0 bridgehead atoms. The van der Waals surface area contributed by atoms with Crippen LogP contribution < -0.4 is 10.2 Å². The Bertz CT molecular complexity index is 957. The van der Waals surface area contributed by atoms with Crippen molar-refractivity contribution in [3.63, 3.8) is 0 Å². The smallest absolute Gasteiger partial charge is 0.193 e. The van der Waals surface area contributed by atoms with Gasteiger partial charge in [-0.25, -0.2) is 17.2 Å². The Kier molecular flexibility index (Phi) is 6.68. The molecule has 2 aromatic rings. The van der Waals surface area contributed by atoms with Crippen LogP contribution in [-0.2, 0) is 9.84 Å². The summed E-state index contributed by atoms with van der Waals surface area (Å²) in [4.78, 5) is 8.13. The molecule has 0 aromatic heterocycles. The average molecular weight is 423 g/mol. The van der Waals surface area contributed by atoms with Crippen LogP contribution in [0.3, 0.4) is 0 Å². The van der Waals surface area contributed by atoms with Crippen LogP contribution in [0.25, 0.3) is 0 Å². The Morgan fingerprint density at radius 2 is 1.69 bits per heavy atom. The van der Waals surface area contributed by atoms with Crippen molar-refractivity contribution in [3.8, 4) is 0 Å². The maximum absolute atomic E-state index is 13.8. The molecule has 0 atom stereocenters. The fourth-order valence-corrected chi connectivity index (χ4v) is 4.51. The maximum Gasteiger partial charge on any atom is 0.193 e. The second-order valence-electron chi connectivity index (χ2n) is 6.67. The normalized spacial score (nSPS) is 15.5. The molecule has 6 nitrogen and oxygen atoms in total. The SMILES string of the molecule is CN=C(NCCS(=O)(=O)c1ccccc1F)N1CCN(c2ccc(F)cc2)CC1. The third kappa shape index (κ3) is 5.23. The number of rotatable bonds is 5. The van der Waals surface area contributed by atoms with Crippen molar-refractivity contribution in [2.75, 3.05) is 50.4 Å². The molecule has 0 radical (unpaired) electrons. The summed E-state index contributed by atoms with van der Waals surface area (Å²) in [6.07, 6.45) is 0. The van der Waals surface area contributed by atoms with Crippen molar-refractivity contribution >= 4 is 21.5 Å². The molecule has 1 aliphatic heterocycles. The van der Waals surface area contributed by atoms with Gasteiger partial charge >= 0.3 is 0 Å². The van der Waals surface area contributed by atoms with E-state index in [-0.39, 0.29) is 23.0 Å². The first kappa shape index (κ1) is 21.0. The van der Waals surface area contributed by atoms with Crippen LogP contribution in [0.4, 0.5) is 14.5 Å². The van der Waals surface area contributed by atoms with E-state index in [4.69, 9.17) is 0 Å². The summed E-state index contributed by atoms with van der Waals surface area (Å²) in [5, 5.41) is 3.05. The second-order valence-corrected chi connectivity index (χ2v) is 8.75. The quantitative estimate of drug-likeness (QED) is 0.591. The van der Waals surface area contributed by atoms with Crippen molar-refractivity contribution < 1.29 is 17.2 Å². The van der Waals surface area contributed by atoms with Crippen molar-refractivity contribution in [3.05, 3.63) is 60.2 Å². The zero-order chi connectivity index (χ0) is 20.9. The van der Waals surface area contributed by atoms with E-state index >= 15 is 0 Å². The Hall–Kier alpha value is -2.68. The Labute approximate surface area is 169 Å². The van der Waals surface area contributed by atoms with Crippen molar-refractivity contribution in [1.82, 2.24) is 10.2 Å². The molecule has 9 heteroatoms. The van der Waals surface area contributed by atoms with E-state index in [0.717, 1.165) is 24.8 Å². The Morgan fingerprint density at radius 3 is 2.31 bits per heavy atom. The van der Waals surface area contributed by atoms with E-state index in [1.807, 2.05) is 4.90 Å². The molecule has 0 spiro atoms. The molecule has 1 saturated heterocycles. The molecule has 0 amide bonds. The van der Waals surface area contributed by atoms with Crippen LogP contribution >= 0.6 is 0 Å². The van der Waals surface area contributed by atoms with Crippen molar-refractivity contribution in [2.45, 2.75) is 4.90 Å². The average Bonchev–Trinajstić information content (AvgIpc) is 2.72. The number of sulfone groups is 1. The molecule has 0 aliphatic carbocycles. The van der Waals surface area contributed by atoms with Gasteiger partial charge in [0.2, 0.25) is 0 Å². The van der Waals surface area contributed by atoms with E-state index in [1.54, 1.807) is 19.2 Å². The number of piperazine rings is 1. The predicted octanol–water partition coefficient (Wildman–Crippen LogP) is 2.14. The number of aliphatic imine (C=N–C) groups is 1. The first-order valence-electron chi connectivity index (χ1n) is 9.34. The zero-order valence-electron chi connectivity index (χ0n) is 16.2. The molecule has 3 rings (SSSR count). The van der Waals surface area contributed by atoms with Gasteiger partial charge in [0.05, 0.1) is 5.75 Å². The van der Waals surface area contributed by atoms with E-state index < -0.39 is 15.7 Å². The first-order chi connectivity index (χ1) is 13.9. The van der Waals surface area contributed by atoms with E-state index in [9.17, 15) is 17.2 Å². The maximum atomic E-state index is 13.8. The summed E-state index contributed by atoms with van der Waals surface area (Å²) in [7, 11) is -2.08. The molecule has 2 aromatic carbocycles. The van der Waals surface area contributed by atoms with Gasteiger partial charge in [-0.3, -0.25) is 4.99 Å². The number of hydrogen-bond acceptors (Lipinski definition) is 4. The van der Waals surface area contributed by atoms with Crippen LogP contribution in [0.5, 0.6) is 0 Å². The van der Waals surface area contributed by atoms with Gasteiger partial charge < -0.3 is 15.1 Å². The largest absolute Gasteiger partial charge is 0.368 e. The zero-order valence-corrected chi connectivity index (χ0v) is 17.0. The summed E-state index contributed by atoms with van der Waals surface area (Å²) in [5.74, 6) is -0.633. The van der Waals surface area contributed by atoms with Gasteiger partial charge in [-0.2, -0.15) is 0 Å². The number of hydrogen-bond donors (Lipinski definition) is 1. The van der Waals surface area contributed by atoms with Crippen molar-refractivity contribution in [1.29, 1.82) is 0 Å². The van der Waals surface area contributed by atoms with Crippen LogP contribution in [-0.4, -0.2) is 64.8 Å². The lowest BCUT2D eigenvalue weighted by Gasteiger charge is -2.37. The fraction of sp³-hybridized carbons (Fsp3) is 0.350. The number of benzene rings is 2. The lowest BCUT2D eigenvalue weighted by Crippen LogP contribution is -2.53. The van der Waals surface area contributed by atoms with Gasteiger partial charge in [-0.15, -0.1) is 0 Å². The highest BCUT2D eigenvalue weighted by Crippen LogP contribution is 2.17. The van der Waals surface area contributed by atoms with E-state index in [2.05, 4.69) is 15.2 Å². The molecular weight excluding hydrogens is 398 g/mol. The molecule has 1 fully saturated rings. The molecular formula is C20H24F2N4O2S.